The summed E-state index contributed by atoms with van der Waals surface area (Å²) in [5, 5.41) is 3.77. The van der Waals surface area contributed by atoms with Crippen LogP contribution in [-0.2, 0) is 5.33 Å². The third kappa shape index (κ3) is 4.72. The topological polar surface area (TPSA) is 29.1 Å². The molecule has 2 nitrogen and oxygen atoms in total. The average molecular weight is 316 g/mol. The highest BCUT2D eigenvalue weighted by Crippen LogP contribution is 2.19. The fourth-order valence-electron chi connectivity index (χ4n) is 1.21. The highest BCUT2D eigenvalue weighted by atomic mass is 79.9. The second-order valence-corrected chi connectivity index (χ2v) is 6.55. The molecule has 0 saturated carbocycles. The molecule has 0 aliphatic heterocycles. The third-order valence-corrected chi connectivity index (χ3v) is 4.49. The number of rotatable bonds is 5. The van der Waals surface area contributed by atoms with Crippen LogP contribution in [0, 0.1) is 0 Å². The van der Waals surface area contributed by atoms with E-state index in [-0.39, 0.29) is 10.7 Å². The number of thioether (sulfide) groups is 1. The predicted octanol–water partition coefficient (Wildman–Crippen LogP) is 3.45. The van der Waals surface area contributed by atoms with Crippen LogP contribution >= 0.6 is 27.7 Å². The van der Waals surface area contributed by atoms with Gasteiger partial charge in [0.25, 0.3) is 5.91 Å². The summed E-state index contributed by atoms with van der Waals surface area (Å²) in [6, 6.07) is 7.64. The van der Waals surface area contributed by atoms with Gasteiger partial charge in [-0.1, -0.05) is 28.1 Å². The normalized spacial score (nSPS) is 11.3. The molecule has 0 spiro atoms. The van der Waals surface area contributed by atoms with E-state index in [9.17, 15) is 4.79 Å². The van der Waals surface area contributed by atoms with Crippen LogP contribution in [-0.4, -0.2) is 23.5 Å². The van der Waals surface area contributed by atoms with Crippen molar-refractivity contribution in [2.24, 2.45) is 0 Å². The van der Waals surface area contributed by atoms with E-state index in [0.717, 1.165) is 5.33 Å². The van der Waals surface area contributed by atoms with E-state index in [2.05, 4.69) is 41.3 Å². The van der Waals surface area contributed by atoms with E-state index < -0.39 is 0 Å². The number of carbonyl (C=O) groups excluding carboxylic acids is 1. The fraction of sp³-hybridized carbons (Fsp3) is 0.462. The molecular weight excluding hydrogens is 298 g/mol. The smallest absolute Gasteiger partial charge is 0.251 e. The summed E-state index contributed by atoms with van der Waals surface area (Å²) in [6.07, 6.45) is 2.05. The number of carbonyl (C=O) groups is 1. The Kier molecular flexibility index (Phi) is 5.53. The summed E-state index contributed by atoms with van der Waals surface area (Å²) in [5.41, 5.74) is 1.89. The van der Waals surface area contributed by atoms with Crippen LogP contribution in [0.1, 0.15) is 29.8 Å². The molecule has 1 N–H and O–H groups in total. The van der Waals surface area contributed by atoms with Gasteiger partial charge in [-0.3, -0.25) is 4.79 Å². The van der Waals surface area contributed by atoms with Gasteiger partial charge in [0.2, 0.25) is 0 Å². The van der Waals surface area contributed by atoms with Gasteiger partial charge in [0.15, 0.2) is 0 Å². The van der Waals surface area contributed by atoms with Crippen LogP contribution in [0.5, 0.6) is 0 Å². The first kappa shape index (κ1) is 14.6. The zero-order chi connectivity index (χ0) is 12.9. The molecule has 1 amide bonds. The highest BCUT2D eigenvalue weighted by Gasteiger charge is 2.17. The van der Waals surface area contributed by atoms with Gasteiger partial charge in [-0.25, -0.2) is 0 Å². The van der Waals surface area contributed by atoms with Crippen LogP contribution in [0.25, 0.3) is 0 Å². The Hall–Kier alpha value is -0.480. The molecule has 1 aromatic rings. The molecule has 17 heavy (non-hydrogen) atoms. The fourth-order valence-corrected chi connectivity index (χ4v) is 1.80. The van der Waals surface area contributed by atoms with Crippen LogP contribution in [0.4, 0.5) is 0 Å². The molecule has 0 heterocycles. The van der Waals surface area contributed by atoms with Gasteiger partial charge >= 0.3 is 0 Å². The van der Waals surface area contributed by atoms with Crippen molar-refractivity contribution in [1.29, 1.82) is 0 Å². The minimum atomic E-state index is -0.00625. The van der Waals surface area contributed by atoms with Crippen molar-refractivity contribution in [3.63, 3.8) is 0 Å². The molecule has 0 atom stereocenters. The minimum absolute atomic E-state index is 0.00625. The number of amides is 1. The quantitative estimate of drug-likeness (QED) is 0.843. The lowest BCUT2D eigenvalue weighted by Gasteiger charge is -2.22. The molecule has 1 aromatic carbocycles. The Morgan fingerprint density at radius 3 is 2.41 bits per heavy atom. The van der Waals surface area contributed by atoms with Crippen molar-refractivity contribution >= 4 is 33.6 Å². The number of halogens is 1. The zero-order valence-electron chi connectivity index (χ0n) is 10.4. The molecule has 0 unspecified atom stereocenters. The maximum Gasteiger partial charge on any atom is 0.251 e. The number of hydrogen-bond donors (Lipinski definition) is 1. The zero-order valence-corrected chi connectivity index (χ0v) is 12.8. The molecule has 94 valence electrons. The second-order valence-electron chi connectivity index (χ2n) is 4.48. The number of benzene rings is 1. The molecule has 0 aliphatic rings. The molecule has 0 radical (unpaired) electrons. The van der Waals surface area contributed by atoms with Crippen LogP contribution < -0.4 is 5.32 Å². The van der Waals surface area contributed by atoms with Gasteiger partial charge in [0.05, 0.1) is 0 Å². The minimum Gasteiger partial charge on any atom is -0.351 e. The van der Waals surface area contributed by atoms with E-state index in [0.29, 0.717) is 12.1 Å². The van der Waals surface area contributed by atoms with Crippen LogP contribution in [0.2, 0.25) is 0 Å². The first-order valence-corrected chi connectivity index (χ1v) is 7.81. The molecule has 0 fully saturated rings. The van der Waals surface area contributed by atoms with Crippen LogP contribution in [0.3, 0.4) is 0 Å². The number of hydrogen-bond acceptors (Lipinski definition) is 2. The van der Waals surface area contributed by atoms with Gasteiger partial charge in [-0.15, -0.1) is 0 Å². The SMILES string of the molecule is CSC(C)(C)CNC(=O)c1ccc(CBr)cc1. The Bertz CT molecular complexity index is 376. The molecule has 0 bridgehead atoms. The van der Waals surface area contributed by atoms with Crippen molar-refractivity contribution in [3.05, 3.63) is 35.4 Å². The summed E-state index contributed by atoms with van der Waals surface area (Å²) in [5.74, 6) is -0.00625. The largest absolute Gasteiger partial charge is 0.351 e. The molecule has 1 rings (SSSR count). The van der Waals surface area contributed by atoms with Gasteiger partial charge in [-0.05, 0) is 37.8 Å². The molecular formula is C13H18BrNOS. The molecule has 0 aliphatic carbocycles. The Morgan fingerprint density at radius 2 is 1.94 bits per heavy atom. The highest BCUT2D eigenvalue weighted by molar-refractivity contribution is 9.08. The lowest BCUT2D eigenvalue weighted by Crippen LogP contribution is -2.36. The van der Waals surface area contributed by atoms with Crippen molar-refractivity contribution < 1.29 is 4.79 Å². The summed E-state index contributed by atoms with van der Waals surface area (Å²) in [6.45, 7) is 4.91. The van der Waals surface area contributed by atoms with Crippen LogP contribution in [0.15, 0.2) is 24.3 Å². The summed E-state index contributed by atoms with van der Waals surface area (Å²) >= 11 is 5.13. The van der Waals surface area contributed by atoms with E-state index in [1.54, 1.807) is 11.8 Å². The lowest BCUT2D eigenvalue weighted by molar-refractivity contribution is 0.0951. The average Bonchev–Trinajstić information content (AvgIpc) is 2.36. The number of nitrogens with one attached hydrogen (secondary N) is 1. The van der Waals surface area contributed by atoms with Gasteiger partial charge in [-0.2, -0.15) is 11.8 Å². The number of alkyl halides is 1. The summed E-state index contributed by atoms with van der Waals surface area (Å²) < 4.78 is 0.0749. The molecule has 0 saturated heterocycles. The van der Waals surface area contributed by atoms with Crippen molar-refractivity contribution in [2.45, 2.75) is 23.9 Å². The van der Waals surface area contributed by atoms with Gasteiger partial charge < -0.3 is 5.32 Å². The van der Waals surface area contributed by atoms with Gasteiger partial charge in [0.1, 0.15) is 0 Å². The third-order valence-electron chi connectivity index (χ3n) is 2.60. The second kappa shape index (κ2) is 6.45. The van der Waals surface area contributed by atoms with E-state index >= 15 is 0 Å². The predicted molar refractivity (Wildman–Crippen MR) is 79.0 cm³/mol. The maximum atomic E-state index is 11.9. The summed E-state index contributed by atoms with van der Waals surface area (Å²) in [7, 11) is 0. The molecule has 4 heteroatoms. The standard InChI is InChI=1S/C13H18BrNOS/c1-13(2,17-3)9-15-12(16)11-6-4-10(8-14)5-7-11/h4-7H,8-9H2,1-3H3,(H,15,16). The van der Waals surface area contributed by atoms with E-state index in [1.807, 2.05) is 24.3 Å². The lowest BCUT2D eigenvalue weighted by atomic mass is 10.1. The first-order chi connectivity index (χ1) is 7.98. The van der Waals surface area contributed by atoms with Crippen molar-refractivity contribution in [3.8, 4) is 0 Å². The summed E-state index contributed by atoms with van der Waals surface area (Å²) in [4.78, 5) is 11.9. The Labute approximate surface area is 116 Å². The van der Waals surface area contributed by atoms with Crippen molar-refractivity contribution in [1.82, 2.24) is 5.32 Å². The first-order valence-electron chi connectivity index (χ1n) is 5.47. The van der Waals surface area contributed by atoms with Gasteiger partial charge in [0, 0.05) is 22.2 Å². The molecule has 0 aromatic heterocycles. The monoisotopic (exact) mass is 315 g/mol. The van der Waals surface area contributed by atoms with E-state index in [1.165, 1.54) is 5.56 Å². The Balaban J connectivity index is 2.58. The van der Waals surface area contributed by atoms with E-state index in [4.69, 9.17) is 0 Å². The Morgan fingerprint density at radius 1 is 1.35 bits per heavy atom. The van der Waals surface area contributed by atoms with Crippen molar-refractivity contribution in [2.75, 3.05) is 12.8 Å². The maximum absolute atomic E-state index is 11.9.